The van der Waals surface area contributed by atoms with Crippen LogP contribution in [-0.4, -0.2) is 22.2 Å². The van der Waals surface area contributed by atoms with Gasteiger partial charge in [0.2, 0.25) is 0 Å². The van der Waals surface area contributed by atoms with E-state index >= 15 is 0 Å². The van der Waals surface area contributed by atoms with Crippen molar-refractivity contribution in [1.29, 1.82) is 5.26 Å². The molecule has 7 nitrogen and oxygen atoms in total. The van der Waals surface area contributed by atoms with E-state index < -0.39 is 5.97 Å². The highest BCUT2D eigenvalue weighted by Crippen LogP contribution is 2.36. The van der Waals surface area contributed by atoms with Crippen molar-refractivity contribution in [2.75, 3.05) is 7.11 Å². The number of nitriles is 1. The third-order valence-corrected chi connectivity index (χ3v) is 4.19. The first-order valence-corrected chi connectivity index (χ1v) is 7.96. The predicted molar refractivity (Wildman–Crippen MR) is 95.5 cm³/mol. The van der Waals surface area contributed by atoms with Crippen LogP contribution in [0, 0.1) is 11.3 Å². The summed E-state index contributed by atoms with van der Waals surface area (Å²) < 4.78 is 13.2. The molecule has 0 N–H and O–H groups in total. The number of hydrogen-bond donors (Lipinski definition) is 0. The molecule has 1 heterocycles. The summed E-state index contributed by atoms with van der Waals surface area (Å²) in [6, 6.07) is 11.9. The number of carbonyl (C=O) groups excluding carboxylic acids is 1. The van der Waals surface area contributed by atoms with E-state index in [1.165, 1.54) is 28.4 Å². The number of methoxy groups -OCH3 is 1. The molecule has 0 amide bonds. The van der Waals surface area contributed by atoms with Gasteiger partial charge in [-0.25, -0.2) is 9.59 Å². The fraction of sp³-hybridized carbons (Fsp3) is 0.167. The molecule has 0 aliphatic rings. The Labute approximate surface area is 153 Å². The topological polar surface area (TPSA) is 86.2 Å². The molecule has 0 fully saturated rings. The lowest BCUT2D eigenvalue weighted by Gasteiger charge is -2.11. The second-order valence-electron chi connectivity index (χ2n) is 5.49. The van der Waals surface area contributed by atoms with E-state index in [1.807, 2.05) is 12.1 Å². The normalized spacial score (nSPS) is 10.5. The van der Waals surface area contributed by atoms with Gasteiger partial charge in [0, 0.05) is 13.1 Å². The molecule has 0 saturated carbocycles. The van der Waals surface area contributed by atoms with Crippen molar-refractivity contribution in [2.45, 2.75) is 6.54 Å². The van der Waals surface area contributed by atoms with Crippen LogP contribution < -0.4 is 15.2 Å². The number of carbonyl (C=O) groups is 1. The lowest BCUT2D eigenvalue weighted by molar-refractivity contribution is -0.135. The Hall–Kier alpha value is -3.24. The minimum atomic E-state index is -0.687. The lowest BCUT2D eigenvalue weighted by atomic mass is 10.2. The summed E-state index contributed by atoms with van der Waals surface area (Å²) >= 11 is 6.09. The van der Waals surface area contributed by atoms with E-state index in [-0.39, 0.29) is 34.3 Å². The Kier molecular flexibility index (Phi) is 4.69. The fourth-order valence-corrected chi connectivity index (χ4v) is 2.92. The van der Waals surface area contributed by atoms with Crippen molar-refractivity contribution in [1.82, 2.24) is 9.13 Å². The smallest absolute Gasteiger partial charge is 0.331 e. The van der Waals surface area contributed by atoms with Crippen molar-refractivity contribution in [2.24, 2.45) is 7.05 Å². The van der Waals surface area contributed by atoms with Gasteiger partial charge in [-0.3, -0.25) is 9.13 Å². The number of imidazole rings is 1. The summed E-state index contributed by atoms with van der Waals surface area (Å²) in [7, 11) is 3.01. The summed E-state index contributed by atoms with van der Waals surface area (Å²) in [5, 5.41) is 9.04. The number of aryl methyl sites for hydroxylation is 1. The zero-order valence-corrected chi connectivity index (χ0v) is 14.8. The molecule has 0 aliphatic carbocycles. The number of aromatic nitrogens is 2. The molecule has 26 heavy (non-hydrogen) atoms. The summed E-state index contributed by atoms with van der Waals surface area (Å²) in [5.41, 5.74) is 1.27. The van der Waals surface area contributed by atoms with Gasteiger partial charge in [-0.1, -0.05) is 23.7 Å². The highest BCUT2D eigenvalue weighted by Gasteiger charge is 2.19. The molecule has 0 saturated heterocycles. The van der Waals surface area contributed by atoms with Crippen LogP contribution in [0.5, 0.6) is 11.5 Å². The van der Waals surface area contributed by atoms with Gasteiger partial charge in [-0.05, 0) is 18.2 Å². The average Bonchev–Trinajstić information content (AvgIpc) is 2.88. The van der Waals surface area contributed by atoms with E-state index in [0.29, 0.717) is 11.0 Å². The van der Waals surface area contributed by atoms with Crippen LogP contribution in [0.25, 0.3) is 11.0 Å². The highest BCUT2D eigenvalue weighted by molar-refractivity contribution is 6.32. The predicted octanol–water partition coefficient (Wildman–Crippen LogP) is 2.48. The van der Waals surface area contributed by atoms with Crippen LogP contribution in [0.3, 0.4) is 0 Å². The zero-order valence-electron chi connectivity index (χ0n) is 14.0. The largest absolute Gasteiger partial charge is 0.493 e. The summed E-state index contributed by atoms with van der Waals surface area (Å²) in [6.07, 6.45) is 0. The molecule has 0 aliphatic heterocycles. The molecule has 0 unspecified atom stereocenters. The van der Waals surface area contributed by atoms with Crippen molar-refractivity contribution in [3.8, 4) is 17.6 Å². The Morgan fingerprint density at radius 2 is 1.96 bits per heavy atom. The number of ether oxygens (including phenoxy) is 2. The minimum absolute atomic E-state index is 0.00597. The van der Waals surface area contributed by atoms with Crippen molar-refractivity contribution < 1.29 is 14.3 Å². The molecular formula is C18H14ClN3O4. The molecule has 0 bridgehead atoms. The first-order chi connectivity index (χ1) is 12.5. The van der Waals surface area contributed by atoms with Crippen LogP contribution >= 0.6 is 11.6 Å². The molecule has 3 aromatic rings. The first-order valence-electron chi connectivity index (χ1n) is 7.58. The second-order valence-corrected chi connectivity index (χ2v) is 5.90. The van der Waals surface area contributed by atoms with Crippen LogP contribution in [0.15, 0.2) is 41.2 Å². The van der Waals surface area contributed by atoms with Gasteiger partial charge < -0.3 is 9.47 Å². The van der Waals surface area contributed by atoms with Gasteiger partial charge >= 0.3 is 11.7 Å². The molecular weight excluding hydrogens is 358 g/mol. The number of rotatable bonds is 4. The van der Waals surface area contributed by atoms with Gasteiger partial charge in [0.25, 0.3) is 0 Å². The third kappa shape index (κ3) is 3.03. The number of esters is 1. The fourth-order valence-electron chi connectivity index (χ4n) is 2.67. The van der Waals surface area contributed by atoms with Gasteiger partial charge in [0.05, 0.1) is 34.8 Å². The monoisotopic (exact) mass is 371 g/mol. The molecule has 3 rings (SSSR count). The van der Waals surface area contributed by atoms with Crippen molar-refractivity contribution >= 4 is 28.6 Å². The molecule has 132 valence electrons. The van der Waals surface area contributed by atoms with Crippen LogP contribution in [-0.2, 0) is 18.4 Å². The summed E-state index contributed by atoms with van der Waals surface area (Å²) in [6.45, 7) is -0.292. The maximum absolute atomic E-state index is 12.4. The quantitative estimate of drug-likeness (QED) is 0.519. The highest BCUT2D eigenvalue weighted by atomic mass is 35.5. The molecule has 0 spiro atoms. The molecule has 0 atom stereocenters. The number of benzene rings is 2. The molecule has 2 aromatic carbocycles. The van der Waals surface area contributed by atoms with E-state index in [0.717, 1.165) is 0 Å². The van der Waals surface area contributed by atoms with Crippen LogP contribution in [0.1, 0.15) is 5.56 Å². The maximum atomic E-state index is 12.4. The van der Waals surface area contributed by atoms with Gasteiger partial charge in [0.1, 0.15) is 6.54 Å². The van der Waals surface area contributed by atoms with E-state index in [1.54, 1.807) is 25.2 Å². The first kappa shape index (κ1) is 17.6. The Bertz CT molecular complexity index is 1110. The molecule has 0 radical (unpaired) electrons. The summed E-state index contributed by atoms with van der Waals surface area (Å²) in [5.74, 6) is -0.521. The van der Waals surface area contributed by atoms with Gasteiger partial charge in [-0.15, -0.1) is 0 Å². The van der Waals surface area contributed by atoms with E-state index in [9.17, 15) is 9.59 Å². The van der Waals surface area contributed by atoms with Crippen LogP contribution in [0.4, 0.5) is 0 Å². The number of para-hydroxylation sites is 2. The van der Waals surface area contributed by atoms with E-state index in [4.69, 9.17) is 26.3 Å². The standard InChI is InChI=1S/C18H14ClN3O4/c1-21-13-5-3-4-6-14(13)22(18(21)24)10-16(23)26-17-12(19)7-11(9-20)8-15(17)25-2/h3-8H,10H2,1-2H3. The Morgan fingerprint density at radius 3 is 2.62 bits per heavy atom. The number of nitrogens with zero attached hydrogens (tertiary/aromatic N) is 3. The Morgan fingerprint density at radius 1 is 1.27 bits per heavy atom. The number of halogens is 1. The SMILES string of the molecule is COc1cc(C#N)cc(Cl)c1OC(=O)Cn1c(=O)n(C)c2ccccc21. The molecule has 1 aromatic heterocycles. The van der Waals surface area contributed by atoms with Crippen LogP contribution in [0.2, 0.25) is 5.02 Å². The summed E-state index contributed by atoms with van der Waals surface area (Å²) in [4.78, 5) is 24.8. The number of hydrogen-bond acceptors (Lipinski definition) is 5. The minimum Gasteiger partial charge on any atom is -0.493 e. The van der Waals surface area contributed by atoms with Gasteiger partial charge in [0.15, 0.2) is 11.5 Å². The zero-order chi connectivity index (χ0) is 18.8. The maximum Gasteiger partial charge on any atom is 0.331 e. The third-order valence-electron chi connectivity index (χ3n) is 3.91. The van der Waals surface area contributed by atoms with Crippen molar-refractivity contribution in [3.63, 3.8) is 0 Å². The van der Waals surface area contributed by atoms with Crippen molar-refractivity contribution in [3.05, 3.63) is 57.5 Å². The lowest BCUT2D eigenvalue weighted by Crippen LogP contribution is -2.27. The molecule has 8 heteroatoms. The van der Waals surface area contributed by atoms with E-state index in [2.05, 4.69) is 0 Å². The van der Waals surface area contributed by atoms with Gasteiger partial charge in [-0.2, -0.15) is 5.26 Å². The second kappa shape index (κ2) is 6.94. The number of fused-ring (bicyclic) bond motifs is 1. The average molecular weight is 372 g/mol. The Balaban J connectivity index is 1.93.